The summed E-state index contributed by atoms with van der Waals surface area (Å²) < 4.78 is 44.2. The number of hydrogen-bond acceptors (Lipinski definition) is 11. The van der Waals surface area contributed by atoms with Gasteiger partial charge in [-0.2, -0.15) is 0 Å². The van der Waals surface area contributed by atoms with Gasteiger partial charge in [-0.05, 0) is 100 Å². The third-order valence-electron chi connectivity index (χ3n) is 9.34. The molecule has 2 aromatic rings. The molecule has 0 spiro atoms. The Morgan fingerprint density at radius 2 is 1.19 bits per heavy atom. The molecule has 1 aromatic heterocycles. The molecule has 0 atom stereocenters. The quantitative estimate of drug-likeness (QED) is 0.453. The third-order valence-corrected chi connectivity index (χ3v) is 9.34. The molecule has 1 aromatic carbocycles. The van der Waals surface area contributed by atoms with Crippen LogP contribution in [0.2, 0.25) is 0 Å². The molecule has 15 heteroatoms. The van der Waals surface area contributed by atoms with E-state index < -0.39 is 67.4 Å². The smallest absolute Gasteiger partial charge is 0.494 e. The van der Waals surface area contributed by atoms with E-state index >= 15 is 0 Å². The van der Waals surface area contributed by atoms with Crippen LogP contribution in [0, 0.1) is 0 Å². The lowest BCUT2D eigenvalue weighted by molar-refractivity contribution is -0.145. The van der Waals surface area contributed by atoms with Crippen LogP contribution in [0.5, 0.6) is 0 Å². The maximum atomic E-state index is 13.7. The Kier molecular flexibility index (Phi) is 8.84. The third kappa shape index (κ3) is 7.05. The van der Waals surface area contributed by atoms with Crippen LogP contribution in [0.25, 0.3) is 11.3 Å². The van der Waals surface area contributed by atoms with E-state index in [2.05, 4.69) is 0 Å². The first-order chi connectivity index (χ1) is 21.5. The Morgan fingerprint density at radius 1 is 0.745 bits per heavy atom. The van der Waals surface area contributed by atoms with Crippen LogP contribution in [0.4, 0.5) is 4.79 Å². The van der Waals surface area contributed by atoms with Gasteiger partial charge in [-0.25, -0.2) is 4.79 Å². The topological polar surface area (TPSA) is 124 Å². The number of ether oxygens (including phenoxy) is 1. The zero-order valence-corrected chi connectivity index (χ0v) is 29.5. The summed E-state index contributed by atoms with van der Waals surface area (Å²) in [5.41, 5.74) is -1.05. The molecule has 0 N–H and O–H groups in total. The zero-order chi connectivity index (χ0) is 34.9. The van der Waals surface area contributed by atoms with Gasteiger partial charge >= 0.3 is 39.4 Å². The maximum absolute atomic E-state index is 13.7. The number of carbonyl (C=O) groups is 3. The summed E-state index contributed by atoms with van der Waals surface area (Å²) >= 11 is 0. The van der Waals surface area contributed by atoms with Crippen molar-refractivity contribution >= 4 is 55.8 Å². The molecule has 0 unspecified atom stereocenters. The largest absolute Gasteiger partial charge is 0.636 e. The predicted octanol–water partition coefficient (Wildman–Crippen LogP) is 2.26. The van der Waals surface area contributed by atoms with Gasteiger partial charge in [-0.15, -0.1) is 0 Å². The molecule has 0 aliphatic carbocycles. The van der Waals surface area contributed by atoms with E-state index in [0.29, 0.717) is 27.6 Å². The minimum Gasteiger partial charge on any atom is -0.494 e. The van der Waals surface area contributed by atoms with Gasteiger partial charge in [0.1, 0.15) is 5.60 Å². The Balaban J connectivity index is 1.71. The molecule has 12 nitrogen and oxygen atoms in total. The molecule has 0 saturated carbocycles. The van der Waals surface area contributed by atoms with Crippen molar-refractivity contribution in [2.75, 3.05) is 20.1 Å². The fourth-order valence-corrected chi connectivity index (χ4v) is 5.41. The van der Waals surface area contributed by atoms with E-state index in [4.69, 9.17) is 32.7 Å². The molecule has 3 aliphatic rings. The lowest BCUT2D eigenvalue weighted by atomic mass is 9.69. The van der Waals surface area contributed by atoms with Gasteiger partial charge < -0.3 is 32.7 Å². The highest BCUT2D eigenvalue weighted by Gasteiger charge is 2.54. The van der Waals surface area contributed by atoms with Gasteiger partial charge in [0.25, 0.3) is 0 Å². The van der Waals surface area contributed by atoms with Crippen molar-refractivity contribution in [1.82, 2.24) is 9.47 Å². The SMILES string of the molecule is CN1CC(=O)OB(c2cc(B3OC(C)(C)C(C)(C)O3)cc(-c3c(B4OC(C)(C)C(C)(C)O4)ccn3C(=O)OC(C)(C)C)c2)OC(=O)C1. The maximum Gasteiger partial charge on any atom is 0.636 e. The van der Waals surface area contributed by atoms with Gasteiger partial charge in [0.2, 0.25) is 0 Å². The minimum absolute atomic E-state index is 0.0943. The van der Waals surface area contributed by atoms with Crippen LogP contribution in [-0.2, 0) is 42.3 Å². The number of hydrogen-bond donors (Lipinski definition) is 0. The molecule has 47 heavy (non-hydrogen) atoms. The monoisotopic (exact) mass is 650 g/mol. The Morgan fingerprint density at radius 3 is 1.66 bits per heavy atom. The average molecular weight is 650 g/mol. The minimum atomic E-state index is -1.37. The molecule has 3 saturated heterocycles. The van der Waals surface area contributed by atoms with Crippen molar-refractivity contribution in [1.29, 1.82) is 0 Å². The van der Waals surface area contributed by atoms with Crippen LogP contribution in [0.15, 0.2) is 30.5 Å². The molecule has 4 heterocycles. The molecular formula is C32H45B3N2O10. The summed E-state index contributed by atoms with van der Waals surface area (Å²) in [4.78, 5) is 40.8. The van der Waals surface area contributed by atoms with Crippen molar-refractivity contribution in [2.45, 2.75) is 104 Å². The van der Waals surface area contributed by atoms with E-state index in [9.17, 15) is 14.4 Å². The van der Waals surface area contributed by atoms with Gasteiger partial charge in [-0.3, -0.25) is 19.1 Å². The van der Waals surface area contributed by atoms with Gasteiger partial charge in [0, 0.05) is 17.1 Å². The average Bonchev–Trinajstić information content (AvgIpc) is 3.50. The van der Waals surface area contributed by atoms with Crippen molar-refractivity contribution in [3.63, 3.8) is 0 Å². The van der Waals surface area contributed by atoms with Gasteiger partial charge in [0.15, 0.2) is 0 Å². The highest BCUT2D eigenvalue weighted by molar-refractivity contribution is 6.68. The number of likely N-dealkylation sites (N-methyl/N-ethyl adjacent to an activating group) is 1. The number of carbonyl (C=O) groups excluding carboxylic acids is 3. The van der Waals surface area contributed by atoms with Gasteiger partial charge in [0.05, 0.1) is 41.2 Å². The number of nitrogens with zero attached hydrogens (tertiary/aromatic N) is 2. The summed E-state index contributed by atoms with van der Waals surface area (Å²) in [7, 11) is -1.41. The molecule has 252 valence electrons. The standard InChI is InChI=1S/C32H45B3N2O10/c1-28(2,3)41-27(40)37-14-13-23(35-46-31(8,9)32(10,11)47-35)26(37)20-15-21(33-42-24(38)18-36(12)19-25(39)43-33)17-22(16-20)34-44-29(4,5)30(6,7)45-34/h13-17H,18-19H2,1-12H3. The number of benzene rings is 1. The lowest BCUT2D eigenvalue weighted by Gasteiger charge is -2.32. The summed E-state index contributed by atoms with van der Waals surface area (Å²) in [6.45, 7) is 20.7. The van der Waals surface area contributed by atoms with Crippen molar-refractivity contribution < 1.29 is 47.0 Å². The fraction of sp³-hybridized carbons (Fsp3) is 0.594. The molecule has 0 radical (unpaired) electrons. The van der Waals surface area contributed by atoms with E-state index in [1.807, 2.05) is 61.5 Å². The molecule has 3 fully saturated rings. The first-order valence-electron chi connectivity index (χ1n) is 15.9. The summed E-state index contributed by atoms with van der Waals surface area (Å²) in [5, 5.41) is 0. The highest BCUT2D eigenvalue weighted by atomic mass is 16.7. The summed E-state index contributed by atoms with van der Waals surface area (Å²) in [5.74, 6) is -1.13. The first-order valence-corrected chi connectivity index (χ1v) is 15.9. The second kappa shape index (κ2) is 11.8. The fourth-order valence-electron chi connectivity index (χ4n) is 5.41. The van der Waals surface area contributed by atoms with E-state index in [-0.39, 0.29) is 13.1 Å². The van der Waals surface area contributed by atoms with E-state index in [1.165, 1.54) is 9.47 Å². The van der Waals surface area contributed by atoms with Crippen molar-refractivity contribution in [2.24, 2.45) is 0 Å². The predicted molar refractivity (Wildman–Crippen MR) is 178 cm³/mol. The van der Waals surface area contributed by atoms with Crippen LogP contribution in [-0.4, -0.2) is 97.0 Å². The molecule has 3 aliphatic heterocycles. The van der Waals surface area contributed by atoms with Crippen LogP contribution in [0.1, 0.15) is 76.2 Å². The molecule has 5 rings (SSSR count). The summed E-state index contributed by atoms with van der Waals surface area (Å²) in [6, 6.07) is 7.01. The van der Waals surface area contributed by atoms with E-state index in [0.717, 1.165) is 0 Å². The molecular weight excluding hydrogens is 605 g/mol. The van der Waals surface area contributed by atoms with Gasteiger partial charge in [-0.1, -0.05) is 18.2 Å². The van der Waals surface area contributed by atoms with Crippen LogP contribution in [0.3, 0.4) is 0 Å². The van der Waals surface area contributed by atoms with Crippen LogP contribution >= 0.6 is 0 Å². The Hall–Kier alpha value is -3.10. The first kappa shape index (κ1) is 35.2. The summed E-state index contributed by atoms with van der Waals surface area (Å²) in [6.07, 6.45) is 0.987. The molecule has 0 amide bonds. The Labute approximate surface area is 278 Å². The Bertz CT molecular complexity index is 1530. The van der Waals surface area contributed by atoms with Crippen LogP contribution < -0.4 is 16.4 Å². The second-order valence-electron chi connectivity index (χ2n) is 15.5. The lowest BCUT2D eigenvalue weighted by Crippen LogP contribution is -2.49. The van der Waals surface area contributed by atoms with Crippen molar-refractivity contribution in [3.05, 3.63) is 30.5 Å². The number of rotatable bonds is 4. The normalized spacial score (nSPS) is 22.5. The zero-order valence-electron chi connectivity index (χ0n) is 29.5. The highest BCUT2D eigenvalue weighted by Crippen LogP contribution is 2.39. The molecule has 0 bridgehead atoms. The van der Waals surface area contributed by atoms with Crippen molar-refractivity contribution in [3.8, 4) is 11.3 Å². The second-order valence-corrected chi connectivity index (χ2v) is 15.5. The van der Waals surface area contributed by atoms with E-state index in [1.54, 1.807) is 52.2 Å². The number of aromatic nitrogens is 1.